The van der Waals surface area contributed by atoms with Crippen molar-refractivity contribution in [3.8, 4) is 0 Å². The number of carbonyl (C=O) groups excluding carboxylic acids is 1. The third-order valence-electron chi connectivity index (χ3n) is 3.52. The van der Waals surface area contributed by atoms with E-state index in [-0.39, 0.29) is 0 Å². The highest BCUT2D eigenvalue weighted by Crippen LogP contribution is 2.11. The molecule has 20 heavy (non-hydrogen) atoms. The zero-order valence-electron chi connectivity index (χ0n) is 13.7. The van der Waals surface area contributed by atoms with E-state index in [1.165, 1.54) is 19.3 Å². The first kappa shape index (κ1) is 19.2. The average Bonchev–Trinajstić information content (AvgIpc) is 2.44. The number of hydrogen-bond donors (Lipinski definition) is 0. The van der Waals surface area contributed by atoms with Crippen LogP contribution in [0, 0.1) is 0 Å². The normalized spacial score (nSPS) is 10.5. The van der Waals surface area contributed by atoms with Crippen LogP contribution in [0.5, 0.6) is 0 Å². The van der Waals surface area contributed by atoms with Crippen LogP contribution in [-0.2, 0) is 9.53 Å². The summed E-state index contributed by atoms with van der Waals surface area (Å²) in [5.74, 6) is 1.38. The molecule has 0 rings (SSSR count). The van der Waals surface area contributed by atoms with Crippen LogP contribution in [0.2, 0.25) is 0 Å². The van der Waals surface area contributed by atoms with Crippen molar-refractivity contribution in [2.24, 2.45) is 0 Å². The molecule has 0 saturated heterocycles. The quantitative estimate of drug-likeness (QED) is 0.280. The van der Waals surface area contributed by atoms with Crippen molar-refractivity contribution in [1.29, 1.82) is 0 Å². The molecule has 2 nitrogen and oxygen atoms in total. The summed E-state index contributed by atoms with van der Waals surface area (Å²) < 4.78 is 5.61. The van der Waals surface area contributed by atoms with Crippen LogP contribution < -0.4 is 0 Å². The Morgan fingerprint density at radius 2 is 1.40 bits per heavy atom. The van der Waals surface area contributed by atoms with Crippen LogP contribution in [0.15, 0.2) is 12.3 Å². The third-order valence-corrected chi connectivity index (χ3v) is 3.52. The Morgan fingerprint density at radius 3 is 2.10 bits per heavy atom. The van der Waals surface area contributed by atoms with Gasteiger partial charge in [-0.2, -0.15) is 0 Å². The fraction of sp³-hybridized carbons (Fsp3) is 0.833. The smallest absolute Gasteiger partial charge is 0.132 e. The largest absolute Gasteiger partial charge is 0.499 e. The van der Waals surface area contributed by atoms with E-state index in [1.54, 1.807) is 0 Å². The summed E-state index contributed by atoms with van der Waals surface area (Å²) in [6, 6.07) is 0. The van der Waals surface area contributed by atoms with Gasteiger partial charge in [-0.25, -0.2) is 0 Å². The fourth-order valence-electron chi connectivity index (χ4n) is 2.14. The first-order chi connectivity index (χ1) is 9.70. The molecule has 0 aromatic rings. The number of rotatable bonds is 15. The van der Waals surface area contributed by atoms with Crippen LogP contribution in [0.25, 0.3) is 0 Å². The van der Waals surface area contributed by atoms with Crippen molar-refractivity contribution in [3.05, 3.63) is 12.3 Å². The molecule has 0 unspecified atom stereocenters. The van der Waals surface area contributed by atoms with Crippen LogP contribution in [0.1, 0.15) is 90.9 Å². The van der Waals surface area contributed by atoms with Gasteiger partial charge in [-0.1, -0.05) is 52.5 Å². The topological polar surface area (TPSA) is 26.3 Å². The van der Waals surface area contributed by atoms with E-state index < -0.39 is 0 Å². The van der Waals surface area contributed by atoms with Gasteiger partial charge in [0.1, 0.15) is 5.78 Å². The minimum Gasteiger partial charge on any atom is -0.499 e. The second-order valence-corrected chi connectivity index (χ2v) is 5.65. The molecule has 118 valence electrons. The zero-order chi connectivity index (χ0) is 15.1. The molecule has 0 N–H and O–H groups in total. The van der Waals surface area contributed by atoms with Gasteiger partial charge in [0.15, 0.2) is 0 Å². The van der Waals surface area contributed by atoms with Crippen LogP contribution >= 0.6 is 0 Å². The van der Waals surface area contributed by atoms with E-state index >= 15 is 0 Å². The summed E-state index contributed by atoms with van der Waals surface area (Å²) >= 11 is 0. The molecule has 0 spiro atoms. The van der Waals surface area contributed by atoms with Gasteiger partial charge in [-0.05, 0) is 25.7 Å². The van der Waals surface area contributed by atoms with Crippen molar-refractivity contribution < 1.29 is 9.53 Å². The Kier molecular flexibility index (Phi) is 14.0. The molecule has 0 bridgehead atoms. The van der Waals surface area contributed by atoms with Crippen molar-refractivity contribution in [3.63, 3.8) is 0 Å². The number of Topliss-reactive ketones (excluding diaryl/α,β-unsaturated/α-hetero) is 1. The molecular formula is C18H34O2. The fourth-order valence-corrected chi connectivity index (χ4v) is 2.14. The first-order valence-electron chi connectivity index (χ1n) is 8.53. The van der Waals surface area contributed by atoms with Crippen molar-refractivity contribution >= 4 is 5.78 Å². The molecule has 0 amide bonds. The Hall–Kier alpha value is -0.790. The lowest BCUT2D eigenvalue weighted by Crippen LogP contribution is -1.98. The number of ether oxygens (including phenoxy) is 1. The number of carbonyl (C=O) groups is 1. The van der Waals surface area contributed by atoms with Gasteiger partial charge in [0.05, 0.1) is 12.4 Å². The summed E-state index contributed by atoms with van der Waals surface area (Å²) in [6.45, 7) is 9.07. The summed E-state index contributed by atoms with van der Waals surface area (Å²) in [4.78, 5) is 11.5. The lowest BCUT2D eigenvalue weighted by molar-refractivity contribution is -0.119. The second-order valence-electron chi connectivity index (χ2n) is 5.65. The number of allylic oxidation sites excluding steroid dienone is 1. The van der Waals surface area contributed by atoms with Crippen LogP contribution in [-0.4, -0.2) is 12.4 Å². The summed E-state index contributed by atoms with van der Waals surface area (Å²) in [5.41, 5.74) is 0. The Labute approximate surface area is 126 Å². The standard InChI is InChI=1S/C18H34O2/c1-4-6-10-13-17(3)20-16-12-9-8-11-15-18(19)14-7-5-2/h3-16H2,1-2H3. The van der Waals surface area contributed by atoms with E-state index in [0.29, 0.717) is 5.78 Å². The van der Waals surface area contributed by atoms with E-state index in [4.69, 9.17) is 4.74 Å². The SMILES string of the molecule is C=C(CCCCC)OCCCCCCC(=O)CCCC. The van der Waals surface area contributed by atoms with Gasteiger partial charge < -0.3 is 4.74 Å². The Morgan fingerprint density at radius 1 is 0.800 bits per heavy atom. The minimum absolute atomic E-state index is 0.437. The van der Waals surface area contributed by atoms with Gasteiger partial charge in [0.2, 0.25) is 0 Å². The van der Waals surface area contributed by atoms with Gasteiger partial charge in [0.25, 0.3) is 0 Å². The van der Waals surface area contributed by atoms with Gasteiger partial charge in [-0.15, -0.1) is 0 Å². The Balaban J connectivity index is 3.23. The monoisotopic (exact) mass is 282 g/mol. The molecule has 0 aliphatic carbocycles. The van der Waals surface area contributed by atoms with E-state index in [0.717, 1.165) is 70.2 Å². The van der Waals surface area contributed by atoms with Gasteiger partial charge >= 0.3 is 0 Å². The lowest BCUT2D eigenvalue weighted by Gasteiger charge is -2.08. The molecule has 0 aromatic heterocycles. The first-order valence-corrected chi connectivity index (χ1v) is 8.53. The zero-order valence-corrected chi connectivity index (χ0v) is 13.7. The molecule has 0 aliphatic rings. The maximum Gasteiger partial charge on any atom is 0.132 e. The van der Waals surface area contributed by atoms with E-state index in [1.807, 2.05) is 0 Å². The summed E-state index contributed by atoms with van der Waals surface area (Å²) in [5, 5.41) is 0. The average molecular weight is 282 g/mol. The molecule has 2 heteroatoms. The number of hydrogen-bond acceptors (Lipinski definition) is 2. The number of ketones is 1. The molecule has 0 heterocycles. The molecule has 0 atom stereocenters. The predicted octanol–water partition coefficient (Wildman–Crippen LogP) is 5.81. The summed E-state index contributed by atoms with van der Waals surface area (Å²) in [7, 11) is 0. The highest BCUT2D eigenvalue weighted by atomic mass is 16.5. The van der Waals surface area contributed by atoms with E-state index in [9.17, 15) is 4.79 Å². The molecule has 0 aromatic carbocycles. The highest BCUT2D eigenvalue weighted by molar-refractivity contribution is 5.78. The van der Waals surface area contributed by atoms with Gasteiger partial charge in [-0.3, -0.25) is 4.79 Å². The van der Waals surface area contributed by atoms with Crippen LogP contribution in [0.3, 0.4) is 0 Å². The number of unbranched alkanes of at least 4 members (excludes halogenated alkanes) is 6. The Bertz CT molecular complexity index is 246. The minimum atomic E-state index is 0.437. The lowest BCUT2D eigenvalue weighted by atomic mass is 10.1. The van der Waals surface area contributed by atoms with Crippen LogP contribution in [0.4, 0.5) is 0 Å². The van der Waals surface area contributed by atoms with Crippen molar-refractivity contribution in [1.82, 2.24) is 0 Å². The van der Waals surface area contributed by atoms with Crippen molar-refractivity contribution in [2.75, 3.05) is 6.61 Å². The molecule has 0 aliphatic heterocycles. The maximum atomic E-state index is 11.5. The molecule has 0 radical (unpaired) electrons. The molecular weight excluding hydrogens is 248 g/mol. The second kappa shape index (κ2) is 14.6. The maximum absolute atomic E-state index is 11.5. The molecule has 0 fully saturated rings. The highest BCUT2D eigenvalue weighted by Gasteiger charge is 2.01. The van der Waals surface area contributed by atoms with Crippen molar-refractivity contribution in [2.45, 2.75) is 90.9 Å². The summed E-state index contributed by atoms with van der Waals surface area (Å²) in [6.07, 6.45) is 12.8. The van der Waals surface area contributed by atoms with E-state index in [2.05, 4.69) is 20.4 Å². The predicted molar refractivity (Wildman–Crippen MR) is 86.9 cm³/mol. The third kappa shape index (κ3) is 13.6. The molecule has 0 saturated carbocycles. The van der Waals surface area contributed by atoms with Gasteiger partial charge in [0, 0.05) is 19.3 Å².